The number of hydrogen-bond donors (Lipinski definition) is 3. The highest BCUT2D eigenvalue weighted by molar-refractivity contribution is 7.89. The van der Waals surface area contributed by atoms with Gasteiger partial charge < -0.3 is 10.8 Å². The second-order valence-electron chi connectivity index (χ2n) is 4.57. The molecule has 21 heavy (non-hydrogen) atoms. The van der Waals surface area contributed by atoms with Crippen LogP contribution in [0.2, 0.25) is 0 Å². The van der Waals surface area contributed by atoms with Gasteiger partial charge in [0.15, 0.2) is 0 Å². The van der Waals surface area contributed by atoms with E-state index in [1.54, 1.807) is 24.3 Å². The number of nitrogens with one attached hydrogen (secondary N) is 1. The van der Waals surface area contributed by atoms with Crippen LogP contribution in [-0.4, -0.2) is 37.2 Å². The lowest BCUT2D eigenvalue weighted by molar-refractivity contribution is -0.139. The minimum absolute atomic E-state index is 0.171. The average Bonchev–Trinajstić information content (AvgIpc) is 2.42. The summed E-state index contributed by atoms with van der Waals surface area (Å²) in [5.74, 6) is -2.23. The molecule has 0 spiro atoms. The average molecular weight is 314 g/mol. The van der Waals surface area contributed by atoms with Gasteiger partial charge in [-0.05, 0) is 18.4 Å². The Morgan fingerprint density at radius 2 is 1.86 bits per heavy atom. The van der Waals surface area contributed by atoms with E-state index in [0.29, 0.717) is 0 Å². The van der Waals surface area contributed by atoms with Crippen LogP contribution in [0.3, 0.4) is 0 Å². The van der Waals surface area contributed by atoms with Gasteiger partial charge in [-0.1, -0.05) is 30.3 Å². The van der Waals surface area contributed by atoms with E-state index in [4.69, 9.17) is 10.8 Å². The Morgan fingerprint density at radius 3 is 2.38 bits per heavy atom. The van der Waals surface area contributed by atoms with Crippen LogP contribution < -0.4 is 10.5 Å². The molecule has 0 aliphatic heterocycles. The minimum atomic E-state index is -3.75. The number of amides is 1. The lowest BCUT2D eigenvalue weighted by Gasteiger charge is -2.14. The highest BCUT2D eigenvalue weighted by Gasteiger charge is 2.24. The Morgan fingerprint density at radius 1 is 1.24 bits per heavy atom. The van der Waals surface area contributed by atoms with E-state index < -0.39 is 27.9 Å². The van der Waals surface area contributed by atoms with E-state index in [1.807, 2.05) is 6.07 Å². The summed E-state index contributed by atoms with van der Waals surface area (Å²) in [4.78, 5) is 21.6. The first-order chi connectivity index (χ1) is 9.80. The zero-order valence-electron chi connectivity index (χ0n) is 11.4. The van der Waals surface area contributed by atoms with E-state index in [2.05, 4.69) is 4.72 Å². The van der Waals surface area contributed by atoms with Crippen molar-refractivity contribution in [3.8, 4) is 0 Å². The maximum Gasteiger partial charge on any atom is 0.321 e. The number of carbonyl (C=O) groups is 2. The third kappa shape index (κ3) is 6.87. The number of sulfonamides is 1. The van der Waals surface area contributed by atoms with Crippen LogP contribution in [0.25, 0.3) is 0 Å². The number of rotatable bonds is 9. The van der Waals surface area contributed by atoms with Crippen molar-refractivity contribution in [2.45, 2.75) is 25.3 Å². The standard InChI is InChI=1S/C13H18N2O5S/c14-12(16)7-6-11(13(17)18)15-21(19,20)9-8-10-4-2-1-3-5-10/h1-5,11,15H,6-9H2,(H2,14,16)(H,17,18)/t11-/m0/s1. The molecule has 0 aliphatic carbocycles. The summed E-state index contributed by atoms with van der Waals surface area (Å²) in [6.07, 6.45) is -0.0915. The summed E-state index contributed by atoms with van der Waals surface area (Å²) in [5.41, 5.74) is 5.77. The Kier molecular flexibility index (Phi) is 6.32. The van der Waals surface area contributed by atoms with E-state index >= 15 is 0 Å². The highest BCUT2D eigenvalue weighted by atomic mass is 32.2. The summed E-state index contributed by atoms with van der Waals surface area (Å²) in [6, 6.07) is 7.64. The molecule has 1 amide bonds. The van der Waals surface area contributed by atoms with Crippen molar-refractivity contribution in [1.82, 2.24) is 4.72 Å². The predicted octanol–water partition coefficient (Wildman–Crippen LogP) is -0.133. The largest absolute Gasteiger partial charge is 0.480 e. The number of hydrogen-bond acceptors (Lipinski definition) is 4. The molecule has 0 fully saturated rings. The van der Waals surface area contributed by atoms with Crippen molar-refractivity contribution < 1.29 is 23.1 Å². The smallest absolute Gasteiger partial charge is 0.321 e. The Hall–Kier alpha value is -1.93. The number of benzene rings is 1. The van der Waals surface area contributed by atoms with Gasteiger partial charge in [0.2, 0.25) is 15.9 Å². The predicted molar refractivity (Wildman–Crippen MR) is 76.9 cm³/mol. The fourth-order valence-electron chi connectivity index (χ4n) is 1.69. The van der Waals surface area contributed by atoms with E-state index in [0.717, 1.165) is 5.56 Å². The van der Waals surface area contributed by atoms with Gasteiger partial charge in [0, 0.05) is 6.42 Å². The van der Waals surface area contributed by atoms with Crippen LogP contribution in [0, 0.1) is 0 Å². The first kappa shape index (κ1) is 17.1. The van der Waals surface area contributed by atoms with Gasteiger partial charge in [-0.25, -0.2) is 13.1 Å². The summed E-state index contributed by atoms with van der Waals surface area (Å²) in [7, 11) is -3.75. The fraction of sp³-hybridized carbons (Fsp3) is 0.385. The van der Waals surface area contributed by atoms with Crippen molar-refractivity contribution in [3.05, 3.63) is 35.9 Å². The fourth-order valence-corrected chi connectivity index (χ4v) is 2.97. The van der Waals surface area contributed by atoms with Crippen LogP contribution in [0.15, 0.2) is 30.3 Å². The molecule has 0 saturated carbocycles. The normalized spacial score (nSPS) is 12.8. The van der Waals surface area contributed by atoms with Crippen molar-refractivity contribution in [3.63, 3.8) is 0 Å². The van der Waals surface area contributed by atoms with Gasteiger partial charge >= 0.3 is 5.97 Å². The second kappa shape index (κ2) is 7.75. The number of aliphatic carboxylic acids is 1. The zero-order valence-corrected chi connectivity index (χ0v) is 12.2. The monoisotopic (exact) mass is 314 g/mol. The molecule has 7 nitrogen and oxygen atoms in total. The Bertz CT molecular complexity index is 586. The van der Waals surface area contributed by atoms with E-state index in [-0.39, 0.29) is 25.0 Å². The number of primary amides is 1. The molecule has 0 saturated heterocycles. The summed E-state index contributed by atoms with van der Waals surface area (Å²) in [6.45, 7) is 0. The van der Waals surface area contributed by atoms with Gasteiger partial charge in [0.25, 0.3) is 0 Å². The molecule has 0 unspecified atom stereocenters. The first-order valence-electron chi connectivity index (χ1n) is 6.35. The van der Waals surface area contributed by atoms with Crippen LogP contribution in [0.4, 0.5) is 0 Å². The van der Waals surface area contributed by atoms with Crippen LogP contribution >= 0.6 is 0 Å². The minimum Gasteiger partial charge on any atom is -0.480 e. The molecule has 1 rings (SSSR count). The van der Waals surface area contributed by atoms with E-state index in [1.165, 1.54) is 0 Å². The molecular weight excluding hydrogens is 296 g/mol. The van der Waals surface area contributed by atoms with Crippen molar-refractivity contribution >= 4 is 21.9 Å². The summed E-state index contributed by atoms with van der Waals surface area (Å²) < 4.78 is 25.8. The second-order valence-corrected chi connectivity index (χ2v) is 6.44. The lowest BCUT2D eigenvalue weighted by atomic mass is 10.2. The molecule has 0 aromatic heterocycles. The molecule has 8 heteroatoms. The van der Waals surface area contributed by atoms with Crippen molar-refractivity contribution in [1.29, 1.82) is 0 Å². The van der Waals surface area contributed by atoms with Gasteiger partial charge in [0.05, 0.1) is 5.75 Å². The number of aryl methyl sites for hydroxylation is 1. The number of carboxylic acid groups (broad SMARTS) is 1. The highest BCUT2D eigenvalue weighted by Crippen LogP contribution is 2.04. The number of nitrogens with two attached hydrogens (primary N) is 1. The third-order valence-electron chi connectivity index (χ3n) is 2.80. The third-order valence-corrected chi connectivity index (χ3v) is 4.19. The van der Waals surface area contributed by atoms with Crippen molar-refractivity contribution in [2.24, 2.45) is 5.73 Å². The molecule has 1 atom stereocenters. The van der Waals surface area contributed by atoms with Crippen LogP contribution in [0.5, 0.6) is 0 Å². The Labute approximate surface area is 123 Å². The van der Waals surface area contributed by atoms with E-state index in [9.17, 15) is 18.0 Å². The van der Waals surface area contributed by atoms with Crippen LogP contribution in [-0.2, 0) is 26.0 Å². The quantitative estimate of drug-likeness (QED) is 0.585. The molecular formula is C13H18N2O5S. The SMILES string of the molecule is NC(=O)CC[C@H](NS(=O)(=O)CCc1ccccc1)C(=O)O. The van der Waals surface area contributed by atoms with Crippen LogP contribution in [0.1, 0.15) is 18.4 Å². The van der Waals surface area contributed by atoms with Gasteiger partial charge in [-0.15, -0.1) is 0 Å². The molecule has 0 aliphatic rings. The maximum absolute atomic E-state index is 11.9. The molecule has 1 aromatic rings. The molecule has 4 N–H and O–H groups in total. The Balaban J connectivity index is 2.59. The molecule has 0 radical (unpaired) electrons. The summed E-state index contributed by atoms with van der Waals surface area (Å²) >= 11 is 0. The topological polar surface area (TPSA) is 127 Å². The molecule has 116 valence electrons. The zero-order chi connectivity index (χ0) is 15.9. The van der Waals surface area contributed by atoms with Gasteiger partial charge in [-0.2, -0.15) is 0 Å². The summed E-state index contributed by atoms with van der Waals surface area (Å²) in [5, 5.41) is 8.96. The first-order valence-corrected chi connectivity index (χ1v) is 8.00. The maximum atomic E-state index is 11.9. The van der Waals surface area contributed by atoms with Crippen molar-refractivity contribution in [2.75, 3.05) is 5.75 Å². The molecule has 1 aromatic carbocycles. The van der Waals surface area contributed by atoms with Gasteiger partial charge in [-0.3, -0.25) is 9.59 Å². The number of carboxylic acids is 1. The molecule has 0 bridgehead atoms. The van der Waals surface area contributed by atoms with Gasteiger partial charge in [0.1, 0.15) is 6.04 Å². The molecule has 0 heterocycles. The number of carbonyl (C=O) groups excluding carboxylic acids is 1. The lowest BCUT2D eigenvalue weighted by Crippen LogP contribution is -2.42.